The van der Waals surface area contributed by atoms with Crippen LogP contribution in [0.1, 0.15) is 5.56 Å². The fraction of sp³-hybridized carbons (Fsp3) is 0.333. The van der Waals surface area contributed by atoms with Crippen molar-refractivity contribution in [1.29, 1.82) is 0 Å². The molecule has 0 aliphatic rings. The lowest BCUT2D eigenvalue weighted by atomic mass is 10.2. The maximum atomic E-state index is 13.0. The Morgan fingerprint density at radius 1 is 1.36 bits per heavy atom. The lowest BCUT2D eigenvalue weighted by molar-refractivity contribution is 0.576. The van der Waals surface area contributed by atoms with Gasteiger partial charge in [0.2, 0.25) is 0 Å². The van der Waals surface area contributed by atoms with Gasteiger partial charge in [-0.1, -0.05) is 6.07 Å². The minimum Gasteiger partial charge on any atom is -0.330 e. The van der Waals surface area contributed by atoms with Gasteiger partial charge in [-0.2, -0.15) is 0 Å². The Morgan fingerprint density at radius 3 is 2.64 bits per heavy atom. The van der Waals surface area contributed by atoms with E-state index >= 15 is 0 Å². The third-order valence-corrected chi connectivity index (χ3v) is 3.00. The summed E-state index contributed by atoms with van der Waals surface area (Å²) >= 11 is 0. The van der Waals surface area contributed by atoms with E-state index in [2.05, 4.69) is 0 Å². The van der Waals surface area contributed by atoms with E-state index in [1.54, 1.807) is 0 Å². The monoisotopic (exact) mass is 219 g/mol. The number of hydrogen-bond donors (Lipinski definition) is 1. The van der Waals surface area contributed by atoms with E-state index in [4.69, 9.17) is 5.73 Å². The summed E-state index contributed by atoms with van der Waals surface area (Å²) in [5, 5.41) is 0. The molecule has 1 aromatic rings. The normalized spacial score (nSPS) is 12.8. The van der Waals surface area contributed by atoms with Gasteiger partial charge in [-0.15, -0.1) is 0 Å². The van der Waals surface area contributed by atoms with Crippen molar-refractivity contribution in [3.63, 3.8) is 0 Å². The second-order valence-electron chi connectivity index (χ2n) is 2.81. The molecule has 5 heteroatoms. The molecule has 0 aliphatic heterocycles. The van der Waals surface area contributed by atoms with Crippen LogP contribution in [0.25, 0.3) is 0 Å². The Bertz CT molecular complexity index is 344. The molecule has 0 aliphatic carbocycles. The zero-order chi connectivity index (χ0) is 10.6. The number of benzene rings is 1. The molecule has 0 heterocycles. The van der Waals surface area contributed by atoms with Crippen LogP contribution in [0.4, 0.5) is 8.78 Å². The smallest absolute Gasteiger partial charge is 0.130 e. The molecule has 0 radical (unpaired) electrons. The molecule has 0 spiro atoms. The molecule has 78 valence electrons. The van der Waals surface area contributed by atoms with Gasteiger partial charge < -0.3 is 5.73 Å². The first kappa shape index (κ1) is 11.3. The molecule has 1 aromatic carbocycles. The van der Waals surface area contributed by atoms with Crippen molar-refractivity contribution in [1.82, 2.24) is 0 Å². The zero-order valence-electron chi connectivity index (χ0n) is 7.50. The van der Waals surface area contributed by atoms with Crippen LogP contribution in [-0.4, -0.2) is 16.5 Å². The van der Waals surface area contributed by atoms with Gasteiger partial charge in [0.1, 0.15) is 11.6 Å². The van der Waals surface area contributed by atoms with Gasteiger partial charge in [-0.25, -0.2) is 8.78 Å². The van der Waals surface area contributed by atoms with Crippen molar-refractivity contribution < 1.29 is 13.0 Å². The first-order valence-corrected chi connectivity index (χ1v) is 5.61. The summed E-state index contributed by atoms with van der Waals surface area (Å²) in [7, 11) is -1.18. The molecule has 14 heavy (non-hydrogen) atoms. The molecule has 0 saturated carbocycles. The highest BCUT2D eigenvalue weighted by Crippen LogP contribution is 2.11. The Kier molecular flexibility index (Phi) is 4.16. The van der Waals surface area contributed by atoms with Crippen LogP contribution in [0.15, 0.2) is 18.2 Å². The van der Waals surface area contributed by atoms with Crippen molar-refractivity contribution in [2.24, 2.45) is 5.73 Å². The molecule has 0 amide bonds. The van der Waals surface area contributed by atoms with Crippen LogP contribution in [0.5, 0.6) is 0 Å². The topological polar surface area (TPSA) is 43.1 Å². The fourth-order valence-corrected chi connectivity index (χ4v) is 2.00. The third-order valence-electron chi connectivity index (χ3n) is 1.68. The van der Waals surface area contributed by atoms with Crippen molar-refractivity contribution in [3.8, 4) is 0 Å². The highest BCUT2D eigenvalue weighted by atomic mass is 32.2. The fourth-order valence-electron chi connectivity index (χ4n) is 1.02. The largest absolute Gasteiger partial charge is 0.330 e. The second kappa shape index (κ2) is 5.17. The molecule has 2 N–H and O–H groups in total. The van der Waals surface area contributed by atoms with E-state index in [-0.39, 0.29) is 11.3 Å². The molecule has 0 bridgehead atoms. The van der Waals surface area contributed by atoms with E-state index in [1.807, 2.05) is 0 Å². The van der Waals surface area contributed by atoms with Crippen molar-refractivity contribution in [2.45, 2.75) is 5.75 Å². The van der Waals surface area contributed by atoms with E-state index in [0.717, 1.165) is 12.1 Å². The molecule has 1 rings (SSSR count). The standard InChI is InChI=1S/C9H11F2NOS/c10-8-2-1-7(9(11)5-8)6-14(13)4-3-12/h1-2,5H,3-4,6,12H2. The average molecular weight is 219 g/mol. The van der Waals surface area contributed by atoms with Gasteiger partial charge >= 0.3 is 0 Å². The summed E-state index contributed by atoms with van der Waals surface area (Å²) in [6, 6.07) is 3.24. The van der Waals surface area contributed by atoms with Crippen LogP contribution < -0.4 is 5.73 Å². The van der Waals surface area contributed by atoms with E-state index in [1.165, 1.54) is 6.07 Å². The summed E-state index contributed by atoms with van der Waals surface area (Å²) in [6.07, 6.45) is 0. The van der Waals surface area contributed by atoms with Gasteiger partial charge in [0.15, 0.2) is 0 Å². The molecular formula is C9H11F2NOS. The number of halogens is 2. The minimum absolute atomic E-state index is 0.0866. The second-order valence-corrected chi connectivity index (χ2v) is 4.39. The summed E-state index contributed by atoms with van der Waals surface area (Å²) < 4.78 is 36.8. The Balaban J connectivity index is 2.72. The number of hydrogen-bond acceptors (Lipinski definition) is 2. The lowest BCUT2D eigenvalue weighted by Crippen LogP contribution is -2.12. The summed E-state index contributed by atoms with van der Waals surface area (Å²) in [5.74, 6) is -0.869. The van der Waals surface area contributed by atoms with Crippen LogP contribution in [0, 0.1) is 11.6 Å². The molecule has 0 aromatic heterocycles. The predicted octanol–water partition coefficient (Wildman–Crippen LogP) is 1.17. The molecule has 1 unspecified atom stereocenters. The summed E-state index contributed by atoms with van der Waals surface area (Å²) in [6.45, 7) is 0.301. The zero-order valence-corrected chi connectivity index (χ0v) is 8.32. The lowest BCUT2D eigenvalue weighted by Gasteiger charge is -2.02. The Morgan fingerprint density at radius 2 is 2.07 bits per heavy atom. The molecule has 2 nitrogen and oxygen atoms in total. The van der Waals surface area contributed by atoms with Crippen molar-refractivity contribution in [2.75, 3.05) is 12.3 Å². The SMILES string of the molecule is NCCS(=O)Cc1ccc(F)cc1F. The molecular weight excluding hydrogens is 208 g/mol. The van der Waals surface area contributed by atoms with Gasteiger partial charge in [0.25, 0.3) is 0 Å². The molecule has 0 fully saturated rings. The van der Waals surface area contributed by atoms with Gasteiger partial charge in [0.05, 0.1) is 5.75 Å². The minimum atomic E-state index is -1.18. The first-order chi connectivity index (χ1) is 6.63. The number of nitrogens with two attached hydrogens (primary N) is 1. The Labute approximate surface area is 83.6 Å². The van der Waals surface area contributed by atoms with Gasteiger partial charge in [0, 0.05) is 34.7 Å². The molecule has 0 saturated heterocycles. The first-order valence-electron chi connectivity index (χ1n) is 4.12. The number of rotatable bonds is 4. The quantitative estimate of drug-likeness (QED) is 0.826. The predicted molar refractivity (Wildman–Crippen MR) is 52.1 cm³/mol. The molecule has 1 atom stereocenters. The maximum absolute atomic E-state index is 13.0. The van der Waals surface area contributed by atoms with Gasteiger partial charge in [-0.3, -0.25) is 4.21 Å². The van der Waals surface area contributed by atoms with E-state index < -0.39 is 22.4 Å². The van der Waals surface area contributed by atoms with Crippen molar-refractivity contribution in [3.05, 3.63) is 35.4 Å². The van der Waals surface area contributed by atoms with Crippen LogP contribution in [0.2, 0.25) is 0 Å². The summed E-state index contributed by atoms with van der Waals surface area (Å²) in [4.78, 5) is 0. The highest BCUT2D eigenvalue weighted by Gasteiger charge is 2.07. The van der Waals surface area contributed by atoms with Crippen LogP contribution >= 0.6 is 0 Å². The summed E-state index contributed by atoms with van der Waals surface area (Å²) in [5.41, 5.74) is 5.46. The van der Waals surface area contributed by atoms with Crippen LogP contribution in [-0.2, 0) is 16.6 Å². The van der Waals surface area contributed by atoms with Gasteiger partial charge in [-0.05, 0) is 6.07 Å². The highest BCUT2D eigenvalue weighted by molar-refractivity contribution is 7.84. The Hall–Kier alpha value is -0.810. The maximum Gasteiger partial charge on any atom is 0.130 e. The van der Waals surface area contributed by atoms with E-state index in [0.29, 0.717) is 12.3 Å². The third kappa shape index (κ3) is 3.16. The van der Waals surface area contributed by atoms with Crippen LogP contribution in [0.3, 0.4) is 0 Å². The van der Waals surface area contributed by atoms with E-state index in [9.17, 15) is 13.0 Å². The van der Waals surface area contributed by atoms with Crippen molar-refractivity contribution >= 4 is 10.8 Å². The average Bonchev–Trinajstić information content (AvgIpc) is 2.10.